The maximum atomic E-state index is 12.2. The number of methoxy groups -OCH3 is 1. The molecule has 0 unspecified atom stereocenters. The zero-order valence-electron chi connectivity index (χ0n) is 20.6. The minimum absolute atomic E-state index is 0.162. The maximum absolute atomic E-state index is 12.2. The third kappa shape index (κ3) is 8.11. The smallest absolute Gasteiger partial charge is 0.342 e. The summed E-state index contributed by atoms with van der Waals surface area (Å²) in [6.07, 6.45) is 4.16. The molecule has 0 heterocycles. The lowest BCUT2D eigenvalue weighted by molar-refractivity contribution is -0.138. The van der Waals surface area contributed by atoms with Crippen molar-refractivity contribution in [3.8, 4) is 33.8 Å². The summed E-state index contributed by atoms with van der Waals surface area (Å²) in [5.41, 5.74) is 4.31. The fourth-order valence-corrected chi connectivity index (χ4v) is 3.18. The van der Waals surface area contributed by atoms with Crippen LogP contribution in [0.5, 0.6) is 11.5 Å². The molecule has 0 fully saturated rings. The summed E-state index contributed by atoms with van der Waals surface area (Å²) in [6, 6.07) is 23.1. The Morgan fingerprint density at radius 2 is 1.22 bits per heavy atom. The number of hydrogen-bond donors (Lipinski definition) is 0. The van der Waals surface area contributed by atoms with Crippen LogP contribution in [0.15, 0.2) is 122 Å². The molecule has 0 amide bonds. The largest absolute Gasteiger partial charge is 0.497 e. The van der Waals surface area contributed by atoms with E-state index in [1.54, 1.807) is 18.2 Å². The molecule has 0 aliphatic heterocycles. The Morgan fingerprint density at radius 1 is 0.730 bits per heavy atom. The molecular formula is C31H28O6. The molecule has 3 aromatic carbocycles. The van der Waals surface area contributed by atoms with E-state index in [1.807, 2.05) is 60.7 Å². The summed E-state index contributed by atoms with van der Waals surface area (Å²) >= 11 is 0. The van der Waals surface area contributed by atoms with Gasteiger partial charge < -0.3 is 18.9 Å². The van der Waals surface area contributed by atoms with Gasteiger partial charge in [0.2, 0.25) is 0 Å². The van der Waals surface area contributed by atoms with Crippen LogP contribution in [0.4, 0.5) is 0 Å². The van der Waals surface area contributed by atoms with Crippen LogP contribution in [0.1, 0.15) is 0 Å². The Labute approximate surface area is 216 Å². The molecule has 6 heteroatoms. The Bertz CT molecular complexity index is 1280. The molecule has 0 spiro atoms. The summed E-state index contributed by atoms with van der Waals surface area (Å²) in [5, 5.41) is 0. The first-order valence-corrected chi connectivity index (χ1v) is 11.4. The van der Waals surface area contributed by atoms with Crippen LogP contribution >= 0.6 is 0 Å². The second-order valence-corrected chi connectivity index (χ2v) is 7.76. The number of carbonyl (C=O) groups is 2. The van der Waals surface area contributed by atoms with Gasteiger partial charge in [-0.2, -0.15) is 0 Å². The first-order chi connectivity index (χ1) is 17.9. The standard InChI is InChI=1S/C31H28O6/c1-5-30(32)36-21-20-35-28-16-12-26(13-17-28)24-8-10-25(11-9-24)27-14-18-29(19-15-27)37-31(33)22(2)6-7-23(3)34-4/h5-19H,1-3,20-21H2,4H3/b7-6-. The predicted molar refractivity (Wildman–Crippen MR) is 144 cm³/mol. The van der Waals surface area contributed by atoms with Gasteiger partial charge in [-0.05, 0) is 58.7 Å². The summed E-state index contributed by atoms with van der Waals surface area (Å²) < 4.78 is 20.8. The van der Waals surface area contributed by atoms with Gasteiger partial charge in [0.25, 0.3) is 0 Å². The lowest BCUT2D eigenvalue weighted by atomic mass is 10.0. The molecule has 37 heavy (non-hydrogen) atoms. The second kappa shape index (κ2) is 13.3. The van der Waals surface area contributed by atoms with E-state index in [-0.39, 0.29) is 18.8 Å². The SMILES string of the molecule is C=CC(=O)OCCOc1ccc(-c2ccc(-c3ccc(OC(=O)C(=C)/C=C\C(=C)OC)cc3)cc2)cc1. The average molecular weight is 497 g/mol. The first kappa shape index (κ1) is 26.8. The molecule has 0 saturated heterocycles. The monoisotopic (exact) mass is 496 g/mol. The fraction of sp³-hybridized carbons (Fsp3) is 0.0968. The molecule has 0 radical (unpaired) electrons. The van der Waals surface area contributed by atoms with Crippen LogP contribution in [-0.2, 0) is 19.1 Å². The Morgan fingerprint density at radius 3 is 1.70 bits per heavy atom. The molecule has 0 bridgehead atoms. The summed E-state index contributed by atoms with van der Waals surface area (Å²) in [4.78, 5) is 23.2. The van der Waals surface area contributed by atoms with Crippen molar-refractivity contribution in [1.29, 1.82) is 0 Å². The van der Waals surface area contributed by atoms with Gasteiger partial charge in [-0.3, -0.25) is 0 Å². The van der Waals surface area contributed by atoms with Crippen molar-refractivity contribution in [2.24, 2.45) is 0 Å². The van der Waals surface area contributed by atoms with E-state index in [1.165, 1.54) is 13.2 Å². The van der Waals surface area contributed by atoms with E-state index < -0.39 is 11.9 Å². The quantitative estimate of drug-likeness (QED) is 0.0731. The molecule has 0 saturated carbocycles. The topological polar surface area (TPSA) is 71.1 Å². The van der Waals surface area contributed by atoms with Gasteiger partial charge in [-0.1, -0.05) is 68.3 Å². The second-order valence-electron chi connectivity index (χ2n) is 7.76. The normalized spacial score (nSPS) is 10.4. The molecule has 3 rings (SSSR count). The van der Waals surface area contributed by atoms with Crippen molar-refractivity contribution >= 4 is 11.9 Å². The highest BCUT2D eigenvalue weighted by atomic mass is 16.6. The third-order valence-electron chi connectivity index (χ3n) is 5.23. The van der Waals surface area contributed by atoms with Crippen molar-refractivity contribution < 1.29 is 28.5 Å². The first-order valence-electron chi connectivity index (χ1n) is 11.4. The van der Waals surface area contributed by atoms with Crippen LogP contribution in [0.25, 0.3) is 22.3 Å². The van der Waals surface area contributed by atoms with Crippen LogP contribution < -0.4 is 9.47 Å². The zero-order valence-corrected chi connectivity index (χ0v) is 20.6. The lowest BCUT2D eigenvalue weighted by Gasteiger charge is -2.09. The number of carbonyl (C=O) groups excluding carboxylic acids is 2. The number of rotatable bonds is 12. The molecule has 188 valence electrons. The summed E-state index contributed by atoms with van der Waals surface area (Å²) in [6.45, 7) is 11.1. The zero-order chi connectivity index (χ0) is 26.6. The molecular weight excluding hydrogens is 468 g/mol. The highest BCUT2D eigenvalue weighted by molar-refractivity contribution is 5.92. The van der Waals surface area contributed by atoms with Gasteiger partial charge >= 0.3 is 11.9 Å². The molecule has 3 aromatic rings. The van der Waals surface area contributed by atoms with Crippen LogP contribution in [0, 0.1) is 0 Å². The van der Waals surface area contributed by atoms with E-state index in [4.69, 9.17) is 18.9 Å². The van der Waals surface area contributed by atoms with Crippen molar-refractivity contribution in [2.75, 3.05) is 20.3 Å². The highest BCUT2D eigenvalue weighted by Crippen LogP contribution is 2.27. The van der Waals surface area contributed by atoms with Gasteiger partial charge in [-0.25, -0.2) is 9.59 Å². The van der Waals surface area contributed by atoms with E-state index in [0.29, 0.717) is 17.3 Å². The van der Waals surface area contributed by atoms with Gasteiger partial charge in [-0.15, -0.1) is 0 Å². The minimum Gasteiger partial charge on any atom is -0.497 e. The molecule has 0 N–H and O–H groups in total. The van der Waals surface area contributed by atoms with E-state index in [0.717, 1.165) is 28.3 Å². The molecule has 0 atom stereocenters. The van der Waals surface area contributed by atoms with Gasteiger partial charge in [0.1, 0.15) is 30.5 Å². The average Bonchev–Trinajstić information content (AvgIpc) is 2.94. The van der Waals surface area contributed by atoms with Crippen LogP contribution in [-0.4, -0.2) is 32.3 Å². The Hall–Kier alpha value is -4.84. The number of benzene rings is 3. The van der Waals surface area contributed by atoms with Gasteiger partial charge in [0, 0.05) is 6.08 Å². The highest BCUT2D eigenvalue weighted by Gasteiger charge is 2.08. The number of hydrogen-bond acceptors (Lipinski definition) is 6. The minimum atomic E-state index is -0.551. The van der Waals surface area contributed by atoms with Crippen LogP contribution in [0.2, 0.25) is 0 Å². The van der Waals surface area contributed by atoms with Crippen molar-refractivity contribution in [2.45, 2.75) is 0 Å². The van der Waals surface area contributed by atoms with Crippen molar-refractivity contribution in [1.82, 2.24) is 0 Å². The maximum Gasteiger partial charge on any atom is 0.342 e. The summed E-state index contributed by atoms with van der Waals surface area (Å²) in [5.74, 6) is 0.505. The van der Waals surface area contributed by atoms with Gasteiger partial charge in [0.15, 0.2) is 0 Å². The lowest BCUT2D eigenvalue weighted by Crippen LogP contribution is -2.10. The van der Waals surface area contributed by atoms with Crippen LogP contribution in [0.3, 0.4) is 0 Å². The van der Waals surface area contributed by atoms with E-state index in [2.05, 4.69) is 19.7 Å². The van der Waals surface area contributed by atoms with Crippen molar-refractivity contribution in [3.63, 3.8) is 0 Å². The van der Waals surface area contributed by atoms with Gasteiger partial charge in [0.05, 0.1) is 12.7 Å². The number of allylic oxidation sites excluding steroid dienone is 1. The molecule has 0 aromatic heterocycles. The van der Waals surface area contributed by atoms with Crippen molar-refractivity contribution in [3.05, 3.63) is 122 Å². The third-order valence-corrected chi connectivity index (χ3v) is 5.23. The molecule has 0 aliphatic carbocycles. The Kier molecular flexibility index (Phi) is 9.62. The summed E-state index contributed by atoms with van der Waals surface area (Å²) in [7, 11) is 1.49. The van der Waals surface area contributed by atoms with E-state index in [9.17, 15) is 9.59 Å². The Balaban J connectivity index is 1.56. The number of ether oxygens (including phenoxy) is 4. The number of esters is 2. The molecule has 0 aliphatic rings. The predicted octanol–water partition coefficient (Wildman–Crippen LogP) is 6.31. The molecule has 6 nitrogen and oxygen atoms in total. The van der Waals surface area contributed by atoms with E-state index >= 15 is 0 Å². The fourth-order valence-electron chi connectivity index (χ4n) is 3.18.